The van der Waals surface area contributed by atoms with E-state index in [2.05, 4.69) is 0 Å². The predicted octanol–water partition coefficient (Wildman–Crippen LogP) is -0.576. The summed E-state index contributed by atoms with van der Waals surface area (Å²) in [6, 6.07) is 0. The molecule has 0 bridgehead atoms. The van der Waals surface area contributed by atoms with Crippen molar-refractivity contribution in [2.24, 2.45) is 0 Å². The summed E-state index contributed by atoms with van der Waals surface area (Å²) in [5.41, 5.74) is 0. The van der Waals surface area contributed by atoms with Gasteiger partial charge in [-0.05, 0) is 0 Å². The van der Waals surface area contributed by atoms with Crippen LogP contribution in [0.2, 0.25) is 0 Å². The zero-order valence-electron chi connectivity index (χ0n) is 2.34. The Bertz CT molecular complexity index is 7.51. The van der Waals surface area contributed by atoms with Crippen molar-refractivity contribution in [2.75, 3.05) is 0 Å². The molecule has 0 aromatic heterocycles. The summed E-state index contributed by atoms with van der Waals surface area (Å²) in [6.45, 7) is 0. The summed E-state index contributed by atoms with van der Waals surface area (Å²) in [4.78, 5) is 0. The van der Waals surface area contributed by atoms with Crippen LogP contribution in [0.15, 0.2) is 0 Å². The summed E-state index contributed by atoms with van der Waals surface area (Å²) in [5, 5.41) is 0. The summed E-state index contributed by atoms with van der Waals surface area (Å²) >= 11 is 0. The van der Waals surface area contributed by atoms with Crippen LogP contribution in [0.25, 0.3) is 0 Å². The van der Waals surface area contributed by atoms with Crippen LogP contribution in [0.1, 0.15) is 0 Å². The standard InChI is InChI=1S/BH3.4FH.Zn/h1H3;4*1H;. The second-order valence-electron chi connectivity index (χ2n) is 0. The maximum atomic E-state index is 0. The molecule has 0 unspecified atom stereocenters. The van der Waals surface area contributed by atoms with E-state index in [1.165, 1.54) is 0 Å². The molecule has 0 rings (SSSR count). The molecule has 6 heteroatoms. The first-order valence-electron chi connectivity index (χ1n) is 0. The molecule has 0 aliphatic heterocycles. The van der Waals surface area contributed by atoms with Gasteiger partial charge in [0.2, 0.25) is 0 Å². The van der Waals surface area contributed by atoms with E-state index in [9.17, 15) is 0 Å². The van der Waals surface area contributed by atoms with Crippen molar-refractivity contribution in [3.8, 4) is 0 Å². The third-order valence-electron chi connectivity index (χ3n) is 0. The van der Waals surface area contributed by atoms with Gasteiger partial charge in [-0.1, -0.05) is 0 Å². The van der Waals surface area contributed by atoms with E-state index in [1.54, 1.807) is 0 Å². The topological polar surface area (TPSA) is 0 Å². The first kappa shape index (κ1) is 1120. The third kappa shape index (κ3) is 307. The monoisotopic (exact) mass is 158 g/mol. The van der Waals surface area contributed by atoms with Crippen LogP contribution in [0.5, 0.6) is 0 Å². The minimum atomic E-state index is 0. The summed E-state index contributed by atoms with van der Waals surface area (Å²) < 4.78 is 0. The Morgan fingerprint density at radius 1 is 0.500 bits per heavy atom. The molecule has 0 aliphatic rings. The van der Waals surface area contributed by atoms with Gasteiger partial charge in [-0.25, -0.2) is 0 Å². The van der Waals surface area contributed by atoms with E-state index in [0.717, 1.165) is 0 Å². The Morgan fingerprint density at radius 3 is 0.500 bits per heavy atom. The van der Waals surface area contributed by atoms with Gasteiger partial charge in [0.1, 0.15) is 0 Å². The van der Waals surface area contributed by atoms with Crippen LogP contribution in [0, 0.1) is 0 Å². The third-order valence-corrected chi connectivity index (χ3v) is 0. The Balaban J connectivity index is 0. The fourth-order valence-corrected chi connectivity index (χ4v) is 0. The average Bonchev–Trinajstić information content (AvgIpc) is 0. The summed E-state index contributed by atoms with van der Waals surface area (Å²) in [5.74, 6) is 0. The Labute approximate surface area is 47.5 Å². The number of hydrogen-bond acceptors (Lipinski definition) is 0. The second kappa shape index (κ2) is 630. The van der Waals surface area contributed by atoms with Gasteiger partial charge >= 0.3 is 0 Å². The quantitative estimate of drug-likeness (QED) is 0.328. The van der Waals surface area contributed by atoms with Gasteiger partial charge in [-0.15, -0.1) is 0 Å². The normalized spacial score (nSPS) is 0. The van der Waals surface area contributed by atoms with Gasteiger partial charge in [0.25, 0.3) is 0 Å². The van der Waals surface area contributed by atoms with Crippen molar-refractivity contribution >= 4 is 8.41 Å². The van der Waals surface area contributed by atoms with E-state index < -0.39 is 0 Å². The summed E-state index contributed by atoms with van der Waals surface area (Å²) in [7, 11) is 0. The van der Waals surface area contributed by atoms with Gasteiger partial charge in [0.05, 0.1) is 8.41 Å². The van der Waals surface area contributed by atoms with Gasteiger partial charge in [-0.2, -0.15) is 0 Å². The van der Waals surface area contributed by atoms with Crippen molar-refractivity contribution in [1.82, 2.24) is 0 Å². The molecule has 0 radical (unpaired) electrons. The molecule has 0 saturated heterocycles. The molecule has 0 saturated carbocycles. The van der Waals surface area contributed by atoms with Crippen molar-refractivity contribution in [2.45, 2.75) is 0 Å². The average molecular weight is 159 g/mol. The molecular formula is H7BF4Zn. The largest absolute Gasteiger partial charge is 0.269 e. The van der Waals surface area contributed by atoms with Crippen LogP contribution in [0.3, 0.4) is 0 Å². The van der Waals surface area contributed by atoms with Crippen LogP contribution < -0.4 is 0 Å². The Morgan fingerprint density at radius 2 is 0.500 bits per heavy atom. The van der Waals surface area contributed by atoms with E-state index in [1.807, 2.05) is 0 Å². The first-order chi connectivity index (χ1) is 0. The fraction of sp³-hybridized carbons (Fsp3) is 0. The molecule has 0 spiro atoms. The second-order valence-corrected chi connectivity index (χ2v) is 0. The van der Waals surface area contributed by atoms with Crippen LogP contribution in [0.4, 0.5) is 18.8 Å². The van der Waals surface area contributed by atoms with Crippen molar-refractivity contribution in [3.63, 3.8) is 0 Å². The molecule has 40 valence electrons. The Hall–Kier alpha value is 0.408. The van der Waals surface area contributed by atoms with Gasteiger partial charge in [0.15, 0.2) is 0 Å². The number of rotatable bonds is 0. The SMILES string of the molecule is B.F.F.F.F.[Zn]. The number of halogens is 4. The predicted molar refractivity (Wildman–Crippen MR) is 20.0 cm³/mol. The van der Waals surface area contributed by atoms with Gasteiger partial charge < -0.3 is 0 Å². The first-order valence-corrected chi connectivity index (χ1v) is 0. The van der Waals surface area contributed by atoms with Crippen LogP contribution in [-0.2, 0) is 19.5 Å². The molecule has 0 nitrogen and oxygen atoms in total. The molecule has 0 N–H and O–H groups in total. The fourth-order valence-electron chi connectivity index (χ4n) is 0. The van der Waals surface area contributed by atoms with Crippen LogP contribution in [-0.4, -0.2) is 8.41 Å². The zero-order chi connectivity index (χ0) is 0. The number of hydrogen-bond donors (Lipinski definition) is 0. The summed E-state index contributed by atoms with van der Waals surface area (Å²) in [6.07, 6.45) is 0. The van der Waals surface area contributed by atoms with E-state index in [-0.39, 0.29) is 46.7 Å². The maximum absolute atomic E-state index is 0. The minimum absolute atomic E-state index is 0. The molecule has 6 heavy (non-hydrogen) atoms. The van der Waals surface area contributed by atoms with Gasteiger partial charge in [0, 0.05) is 19.5 Å². The minimum Gasteiger partial charge on any atom is -0.269 e. The maximum Gasteiger partial charge on any atom is 0.0814 e. The zero-order valence-corrected chi connectivity index (χ0v) is 5.31. The smallest absolute Gasteiger partial charge is 0.0814 e. The molecule has 0 aromatic rings. The Kier molecular flexibility index (Phi) is 118000. The molecule has 0 heterocycles. The van der Waals surface area contributed by atoms with Crippen LogP contribution >= 0.6 is 0 Å². The van der Waals surface area contributed by atoms with Crippen molar-refractivity contribution < 1.29 is 38.3 Å². The molecule has 0 atom stereocenters. The van der Waals surface area contributed by atoms with E-state index in [0.29, 0.717) is 0 Å². The molecule has 0 fully saturated rings. The molecule has 0 amide bonds. The van der Waals surface area contributed by atoms with Gasteiger partial charge in [-0.3, -0.25) is 18.8 Å². The van der Waals surface area contributed by atoms with E-state index in [4.69, 9.17) is 0 Å². The molecular weight excluding hydrogens is 152 g/mol. The van der Waals surface area contributed by atoms with Crippen molar-refractivity contribution in [3.05, 3.63) is 0 Å². The molecule has 0 aromatic carbocycles. The molecule has 0 aliphatic carbocycles. The van der Waals surface area contributed by atoms with E-state index >= 15 is 0 Å². The van der Waals surface area contributed by atoms with Crippen molar-refractivity contribution in [1.29, 1.82) is 0 Å².